The van der Waals surface area contributed by atoms with Gasteiger partial charge in [0.25, 0.3) is 5.91 Å². The molecule has 0 aliphatic carbocycles. The molecule has 0 aliphatic heterocycles. The summed E-state index contributed by atoms with van der Waals surface area (Å²) in [6.45, 7) is 0. The van der Waals surface area contributed by atoms with Crippen LogP contribution in [0.4, 0.5) is 13.2 Å². The van der Waals surface area contributed by atoms with E-state index in [0.29, 0.717) is 16.9 Å². The number of amides is 1. The van der Waals surface area contributed by atoms with Crippen molar-refractivity contribution in [3.8, 4) is 11.3 Å². The number of nitrogens with zero attached hydrogens (tertiary/aromatic N) is 1. The van der Waals surface area contributed by atoms with Gasteiger partial charge in [-0.1, -0.05) is 18.2 Å². The van der Waals surface area contributed by atoms with Crippen LogP contribution >= 0.6 is 22.6 Å². The summed E-state index contributed by atoms with van der Waals surface area (Å²) in [7, 11) is 0. The van der Waals surface area contributed by atoms with E-state index in [2.05, 4.69) is 33.1 Å². The Labute approximate surface area is 166 Å². The highest BCUT2D eigenvalue weighted by Gasteiger charge is 2.30. The van der Waals surface area contributed by atoms with Crippen LogP contribution in [0.1, 0.15) is 21.7 Å². The first-order valence-corrected chi connectivity index (χ1v) is 8.77. The topological polar surface area (TPSA) is 54.6 Å². The van der Waals surface area contributed by atoms with Crippen molar-refractivity contribution in [3.63, 3.8) is 0 Å². The lowest BCUT2D eigenvalue weighted by Gasteiger charge is -2.07. The fourth-order valence-corrected chi connectivity index (χ4v) is 2.82. The highest BCUT2D eigenvalue weighted by atomic mass is 127. The van der Waals surface area contributed by atoms with Gasteiger partial charge in [-0.15, -0.1) is 0 Å². The predicted octanol–water partition coefficient (Wildman–Crippen LogP) is 5.33. The summed E-state index contributed by atoms with van der Waals surface area (Å²) in [4.78, 5) is 12.0. The molecule has 0 fully saturated rings. The van der Waals surface area contributed by atoms with E-state index in [1.54, 1.807) is 24.3 Å². The van der Waals surface area contributed by atoms with Gasteiger partial charge in [0.05, 0.1) is 11.8 Å². The first-order valence-electron chi connectivity index (χ1n) is 7.69. The molecule has 0 unspecified atom stereocenters. The van der Waals surface area contributed by atoms with Gasteiger partial charge in [0, 0.05) is 14.7 Å². The Morgan fingerprint density at radius 1 is 1.07 bits per heavy atom. The molecule has 2 aromatic carbocycles. The number of carbonyl (C=O) groups is 1. The number of nitrogens with one attached hydrogen (secondary N) is 1. The van der Waals surface area contributed by atoms with Gasteiger partial charge in [-0.3, -0.25) is 4.79 Å². The van der Waals surface area contributed by atoms with Crippen molar-refractivity contribution >= 4 is 34.7 Å². The zero-order chi connectivity index (χ0) is 19.4. The molecule has 1 amide bonds. The molecule has 0 saturated heterocycles. The first kappa shape index (κ1) is 19.2. The fourth-order valence-electron chi connectivity index (χ4n) is 2.27. The smallest absolute Gasteiger partial charge is 0.416 e. The van der Waals surface area contributed by atoms with Gasteiger partial charge in [-0.2, -0.15) is 18.3 Å². The summed E-state index contributed by atoms with van der Waals surface area (Å²) in [5.74, 6) is 0.186. The molecule has 0 radical (unpaired) electrons. The second-order valence-corrected chi connectivity index (χ2v) is 6.74. The van der Waals surface area contributed by atoms with E-state index >= 15 is 0 Å². The second kappa shape index (κ2) is 7.95. The molecule has 0 bridgehead atoms. The molecule has 138 valence electrons. The van der Waals surface area contributed by atoms with Gasteiger partial charge >= 0.3 is 6.18 Å². The normalized spacial score (nSPS) is 11.7. The number of hydrogen-bond donors (Lipinski definition) is 1. The van der Waals surface area contributed by atoms with Crippen molar-refractivity contribution in [2.24, 2.45) is 5.10 Å². The highest BCUT2D eigenvalue weighted by Crippen LogP contribution is 2.32. The van der Waals surface area contributed by atoms with Crippen molar-refractivity contribution in [1.29, 1.82) is 0 Å². The third-order valence-corrected chi connectivity index (χ3v) is 4.22. The van der Waals surface area contributed by atoms with Crippen LogP contribution in [-0.4, -0.2) is 12.1 Å². The molecule has 4 nitrogen and oxygen atoms in total. The Balaban J connectivity index is 1.69. The summed E-state index contributed by atoms with van der Waals surface area (Å²) in [5, 5.41) is 3.81. The van der Waals surface area contributed by atoms with Crippen LogP contribution < -0.4 is 5.43 Å². The minimum Gasteiger partial charge on any atom is -0.455 e. The molecule has 0 aliphatic rings. The first-order chi connectivity index (χ1) is 12.8. The van der Waals surface area contributed by atoms with Crippen molar-refractivity contribution < 1.29 is 22.4 Å². The number of halogens is 4. The SMILES string of the molecule is O=C(NN=Cc1ccc(-c2cccc(C(F)(F)F)c2)o1)c1cccc(I)c1. The average molecular weight is 484 g/mol. The summed E-state index contributed by atoms with van der Waals surface area (Å²) >= 11 is 2.10. The Bertz CT molecular complexity index is 996. The lowest BCUT2D eigenvalue weighted by molar-refractivity contribution is -0.137. The number of benzene rings is 2. The van der Waals surface area contributed by atoms with Crippen molar-refractivity contribution in [2.75, 3.05) is 0 Å². The molecular weight excluding hydrogens is 472 g/mol. The molecule has 0 spiro atoms. The van der Waals surface area contributed by atoms with Gasteiger partial charge < -0.3 is 4.42 Å². The maximum atomic E-state index is 12.8. The molecule has 0 saturated carbocycles. The molecule has 8 heteroatoms. The predicted molar refractivity (Wildman–Crippen MR) is 103 cm³/mol. The van der Waals surface area contributed by atoms with E-state index in [0.717, 1.165) is 15.7 Å². The van der Waals surface area contributed by atoms with Crippen LogP contribution in [0.2, 0.25) is 0 Å². The van der Waals surface area contributed by atoms with Gasteiger partial charge in [-0.25, -0.2) is 5.43 Å². The van der Waals surface area contributed by atoms with Crippen molar-refractivity contribution in [3.05, 3.63) is 81.1 Å². The maximum Gasteiger partial charge on any atom is 0.416 e. The molecule has 0 atom stereocenters. The zero-order valence-corrected chi connectivity index (χ0v) is 15.8. The molecule has 1 heterocycles. The van der Waals surface area contributed by atoms with Gasteiger partial charge in [0.2, 0.25) is 0 Å². The number of hydrazone groups is 1. The van der Waals surface area contributed by atoms with Gasteiger partial charge in [0.15, 0.2) is 0 Å². The van der Waals surface area contributed by atoms with Crippen LogP contribution in [0.25, 0.3) is 11.3 Å². The van der Waals surface area contributed by atoms with Crippen LogP contribution in [-0.2, 0) is 6.18 Å². The molecule has 1 N–H and O–H groups in total. The van der Waals surface area contributed by atoms with Gasteiger partial charge in [0.1, 0.15) is 11.5 Å². The van der Waals surface area contributed by atoms with Crippen LogP contribution in [0, 0.1) is 3.57 Å². The van der Waals surface area contributed by atoms with E-state index in [-0.39, 0.29) is 11.7 Å². The number of carbonyl (C=O) groups excluding carboxylic acids is 1. The van der Waals surface area contributed by atoms with E-state index < -0.39 is 11.7 Å². The minimum atomic E-state index is -4.42. The maximum absolute atomic E-state index is 12.8. The molecule has 27 heavy (non-hydrogen) atoms. The second-order valence-electron chi connectivity index (χ2n) is 5.49. The lowest BCUT2D eigenvalue weighted by Crippen LogP contribution is -2.17. The van der Waals surface area contributed by atoms with Crippen molar-refractivity contribution in [2.45, 2.75) is 6.18 Å². The van der Waals surface area contributed by atoms with Crippen LogP contribution in [0.15, 0.2) is 70.2 Å². The third kappa shape index (κ3) is 4.97. The number of hydrogen-bond acceptors (Lipinski definition) is 3. The summed E-state index contributed by atoms with van der Waals surface area (Å²) < 4.78 is 44.8. The Morgan fingerprint density at radius 2 is 1.85 bits per heavy atom. The highest BCUT2D eigenvalue weighted by molar-refractivity contribution is 14.1. The minimum absolute atomic E-state index is 0.270. The van der Waals surface area contributed by atoms with Gasteiger partial charge in [-0.05, 0) is 65.1 Å². The van der Waals surface area contributed by atoms with E-state index in [9.17, 15) is 18.0 Å². The van der Waals surface area contributed by atoms with E-state index in [1.807, 2.05) is 6.07 Å². The Kier molecular flexibility index (Phi) is 5.64. The van der Waals surface area contributed by atoms with Crippen LogP contribution in [0.3, 0.4) is 0 Å². The molecular formula is C19H12F3IN2O2. The molecule has 1 aromatic heterocycles. The number of alkyl halides is 3. The molecule has 3 aromatic rings. The summed E-state index contributed by atoms with van der Waals surface area (Å²) in [5.41, 5.74) is 2.38. The standard InChI is InChI=1S/C19H12F3IN2O2/c20-19(21,22)14-5-1-3-12(9-14)17-8-7-16(27-17)11-24-25-18(26)13-4-2-6-15(23)10-13/h1-11H,(H,25,26). The van der Waals surface area contributed by atoms with Crippen molar-refractivity contribution in [1.82, 2.24) is 5.43 Å². The monoisotopic (exact) mass is 484 g/mol. The lowest BCUT2D eigenvalue weighted by atomic mass is 10.1. The van der Waals surface area contributed by atoms with Crippen LogP contribution in [0.5, 0.6) is 0 Å². The Morgan fingerprint density at radius 3 is 2.59 bits per heavy atom. The average Bonchev–Trinajstić information content (AvgIpc) is 3.10. The van der Waals surface area contributed by atoms with E-state index in [1.165, 1.54) is 24.4 Å². The summed E-state index contributed by atoms with van der Waals surface area (Å²) in [6, 6.07) is 14.9. The zero-order valence-electron chi connectivity index (χ0n) is 13.6. The number of furan rings is 1. The Hall–Kier alpha value is -2.62. The third-order valence-electron chi connectivity index (χ3n) is 3.55. The van der Waals surface area contributed by atoms with E-state index in [4.69, 9.17) is 4.42 Å². The number of rotatable bonds is 4. The largest absolute Gasteiger partial charge is 0.455 e. The summed E-state index contributed by atoms with van der Waals surface area (Å²) in [6.07, 6.45) is -3.14. The fraction of sp³-hybridized carbons (Fsp3) is 0.0526. The molecule has 3 rings (SSSR count). The quantitative estimate of drug-likeness (QED) is 0.309.